The number of fused-ring (bicyclic) bond motifs is 1. The fraction of sp³-hybridized carbons (Fsp3) is 0.333. The zero-order valence-corrected chi connectivity index (χ0v) is 19.7. The van der Waals surface area contributed by atoms with Crippen molar-refractivity contribution in [2.45, 2.75) is 25.7 Å². The summed E-state index contributed by atoms with van der Waals surface area (Å²) in [5.41, 5.74) is 4.12. The summed E-state index contributed by atoms with van der Waals surface area (Å²) in [6.45, 7) is 7.33. The molecule has 0 radical (unpaired) electrons. The number of amides is 1. The second-order valence-corrected chi connectivity index (χ2v) is 10.1. The smallest absolute Gasteiger partial charge is 0.298 e. The number of carbonyl (C=O) groups excluding carboxylic acids is 1. The highest BCUT2D eigenvalue weighted by atomic mass is 32.2. The van der Waals surface area contributed by atoms with Crippen molar-refractivity contribution in [3.05, 3.63) is 52.6 Å². The predicted molar refractivity (Wildman–Crippen MR) is 127 cm³/mol. The van der Waals surface area contributed by atoms with Gasteiger partial charge in [-0.25, -0.2) is 8.42 Å². The Balaban J connectivity index is 1.50. The summed E-state index contributed by atoms with van der Waals surface area (Å²) in [5, 5.41) is 2.62. The van der Waals surface area contributed by atoms with E-state index in [1.54, 1.807) is 18.2 Å². The Bertz CT molecular complexity index is 1340. The van der Waals surface area contributed by atoms with Crippen molar-refractivity contribution < 1.29 is 17.6 Å². The molecule has 0 bridgehead atoms. The number of terminal acetylenes is 1. The molecule has 1 aromatic heterocycles. The van der Waals surface area contributed by atoms with Gasteiger partial charge in [0.1, 0.15) is 5.52 Å². The Morgan fingerprint density at radius 1 is 1.12 bits per heavy atom. The number of hydrogen-bond acceptors (Lipinski definition) is 6. The second-order valence-electron chi connectivity index (χ2n) is 8.18. The van der Waals surface area contributed by atoms with Gasteiger partial charge in [-0.1, -0.05) is 23.6 Å². The molecule has 2 aromatic carbocycles. The lowest BCUT2D eigenvalue weighted by atomic mass is 10.1. The van der Waals surface area contributed by atoms with Gasteiger partial charge >= 0.3 is 0 Å². The summed E-state index contributed by atoms with van der Waals surface area (Å²) < 4.78 is 34.0. The molecule has 33 heavy (non-hydrogen) atoms. The van der Waals surface area contributed by atoms with E-state index in [1.165, 1.54) is 4.31 Å². The lowest BCUT2D eigenvalue weighted by Crippen LogP contribution is -2.49. The lowest BCUT2D eigenvalue weighted by molar-refractivity contribution is 0.0959. The van der Waals surface area contributed by atoms with Crippen LogP contribution in [0, 0.1) is 33.1 Å². The number of nitrogens with one attached hydrogen (secondary N) is 1. The van der Waals surface area contributed by atoms with E-state index in [1.807, 2.05) is 37.8 Å². The van der Waals surface area contributed by atoms with Crippen LogP contribution in [0.2, 0.25) is 0 Å². The first-order valence-corrected chi connectivity index (χ1v) is 12.1. The van der Waals surface area contributed by atoms with Crippen molar-refractivity contribution in [3.63, 3.8) is 0 Å². The predicted octanol–water partition coefficient (Wildman–Crippen LogP) is 2.63. The van der Waals surface area contributed by atoms with Gasteiger partial charge in [0.25, 0.3) is 11.9 Å². The van der Waals surface area contributed by atoms with Gasteiger partial charge in [-0.2, -0.15) is 9.29 Å². The van der Waals surface area contributed by atoms with Crippen LogP contribution in [0.3, 0.4) is 0 Å². The van der Waals surface area contributed by atoms with Crippen molar-refractivity contribution in [2.24, 2.45) is 0 Å². The van der Waals surface area contributed by atoms with Gasteiger partial charge in [0.05, 0.1) is 11.4 Å². The summed E-state index contributed by atoms with van der Waals surface area (Å²) in [6, 6.07) is 9.20. The summed E-state index contributed by atoms with van der Waals surface area (Å²) in [4.78, 5) is 18.9. The molecule has 9 heteroatoms. The van der Waals surface area contributed by atoms with Crippen LogP contribution in [0.25, 0.3) is 11.1 Å². The summed E-state index contributed by atoms with van der Waals surface area (Å²) in [7, 11) is -3.60. The molecule has 1 aliphatic heterocycles. The maximum atomic E-state index is 13.3. The van der Waals surface area contributed by atoms with E-state index in [0.717, 1.165) is 16.7 Å². The van der Waals surface area contributed by atoms with Crippen molar-refractivity contribution in [1.29, 1.82) is 0 Å². The third-order valence-corrected chi connectivity index (χ3v) is 7.91. The second kappa shape index (κ2) is 8.89. The van der Waals surface area contributed by atoms with Crippen LogP contribution in [0.5, 0.6) is 0 Å². The Labute approximate surface area is 193 Å². The van der Waals surface area contributed by atoms with Gasteiger partial charge in [-0.3, -0.25) is 4.79 Å². The molecule has 1 saturated heterocycles. The average molecular weight is 467 g/mol. The van der Waals surface area contributed by atoms with Crippen LogP contribution < -0.4 is 10.2 Å². The third kappa shape index (κ3) is 4.45. The summed E-state index contributed by atoms with van der Waals surface area (Å²) in [5.74, 6) is 2.09. The molecule has 4 rings (SSSR count). The highest BCUT2D eigenvalue weighted by molar-refractivity contribution is 7.89. The highest BCUT2D eigenvalue weighted by Crippen LogP contribution is 2.28. The van der Waals surface area contributed by atoms with Crippen molar-refractivity contribution >= 4 is 33.0 Å². The van der Waals surface area contributed by atoms with E-state index >= 15 is 0 Å². The van der Waals surface area contributed by atoms with Gasteiger partial charge in [0.15, 0.2) is 5.58 Å². The first-order valence-electron chi connectivity index (χ1n) is 10.7. The average Bonchev–Trinajstić information content (AvgIpc) is 3.20. The fourth-order valence-corrected chi connectivity index (χ4v) is 6.08. The first-order chi connectivity index (χ1) is 15.7. The molecular weight excluding hydrogens is 440 g/mol. The monoisotopic (exact) mass is 466 g/mol. The molecule has 0 aliphatic carbocycles. The van der Waals surface area contributed by atoms with Crippen LogP contribution in [0.15, 0.2) is 39.6 Å². The quantitative estimate of drug-likeness (QED) is 0.581. The topological polar surface area (TPSA) is 95.8 Å². The maximum absolute atomic E-state index is 13.3. The molecule has 172 valence electrons. The standard InChI is InChI=1S/C24H26N4O4S/c1-5-8-25-23(29)19-6-7-21-20(15-19)26-24(32-21)27-9-11-28(12-10-27)33(30,31)22-17(3)13-16(2)14-18(22)4/h1,6-7,13-15H,8-12H2,2-4H3,(H,25,29). The van der Waals surface area contributed by atoms with Gasteiger partial charge in [-0.05, 0) is 50.1 Å². The Kier molecular flexibility index (Phi) is 6.15. The molecule has 0 unspecified atom stereocenters. The number of benzene rings is 2. The van der Waals surface area contributed by atoms with Crippen LogP contribution >= 0.6 is 0 Å². The number of carbonyl (C=O) groups is 1. The molecular formula is C24H26N4O4S. The largest absolute Gasteiger partial charge is 0.423 e. The minimum absolute atomic E-state index is 0.149. The number of sulfonamides is 1. The van der Waals surface area contributed by atoms with Gasteiger partial charge in [-0.15, -0.1) is 6.42 Å². The third-order valence-electron chi connectivity index (χ3n) is 5.70. The minimum atomic E-state index is -3.60. The molecule has 3 aromatic rings. The van der Waals surface area contributed by atoms with Crippen LogP contribution in [0.4, 0.5) is 6.01 Å². The van der Waals surface area contributed by atoms with Gasteiger partial charge in [0, 0.05) is 31.7 Å². The Morgan fingerprint density at radius 2 is 1.79 bits per heavy atom. The summed E-state index contributed by atoms with van der Waals surface area (Å²) >= 11 is 0. The molecule has 1 fully saturated rings. The first kappa shape index (κ1) is 22.8. The van der Waals surface area contributed by atoms with Crippen molar-refractivity contribution in [2.75, 3.05) is 37.6 Å². The van der Waals surface area contributed by atoms with Crippen molar-refractivity contribution in [3.8, 4) is 12.3 Å². The number of aryl methyl sites for hydroxylation is 3. The molecule has 8 nitrogen and oxygen atoms in total. The molecule has 1 aliphatic rings. The molecule has 0 spiro atoms. The zero-order chi connectivity index (χ0) is 23.8. The van der Waals surface area contributed by atoms with E-state index < -0.39 is 10.0 Å². The number of oxazole rings is 1. The molecule has 1 N–H and O–H groups in total. The van der Waals surface area contributed by atoms with Crippen LogP contribution in [0.1, 0.15) is 27.0 Å². The number of hydrogen-bond donors (Lipinski definition) is 1. The fourth-order valence-electron chi connectivity index (χ4n) is 4.25. The van der Waals surface area contributed by atoms with Crippen LogP contribution in [-0.4, -0.2) is 56.3 Å². The summed E-state index contributed by atoms with van der Waals surface area (Å²) in [6.07, 6.45) is 5.18. The Morgan fingerprint density at radius 3 is 2.42 bits per heavy atom. The zero-order valence-electron chi connectivity index (χ0n) is 18.9. The van der Waals surface area contributed by atoms with Crippen molar-refractivity contribution in [1.82, 2.24) is 14.6 Å². The molecule has 0 saturated carbocycles. The SMILES string of the molecule is C#CCNC(=O)c1ccc2oc(N3CCN(S(=O)(=O)c4c(C)cc(C)cc4C)CC3)nc2c1. The highest BCUT2D eigenvalue weighted by Gasteiger charge is 2.32. The van der Waals surface area contributed by atoms with E-state index in [2.05, 4.69) is 16.2 Å². The van der Waals surface area contributed by atoms with E-state index in [-0.39, 0.29) is 12.5 Å². The van der Waals surface area contributed by atoms with E-state index in [0.29, 0.717) is 53.8 Å². The number of rotatable bonds is 5. The van der Waals surface area contributed by atoms with E-state index in [4.69, 9.17) is 10.8 Å². The Hall–Kier alpha value is -3.35. The maximum Gasteiger partial charge on any atom is 0.298 e. The number of piperazine rings is 1. The molecule has 1 amide bonds. The van der Waals surface area contributed by atoms with Crippen LogP contribution in [-0.2, 0) is 10.0 Å². The van der Waals surface area contributed by atoms with E-state index in [9.17, 15) is 13.2 Å². The normalized spacial score (nSPS) is 14.9. The number of aromatic nitrogens is 1. The minimum Gasteiger partial charge on any atom is -0.423 e. The molecule has 2 heterocycles. The lowest BCUT2D eigenvalue weighted by Gasteiger charge is -2.33. The van der Waals surface area contributed by atoms with Gasteiger partial charge < -0.3 is 14.6 Å². The number of anilines is 1. The number of nitrogens with zero attached hydrogens (tertiary/aromatic N) is 3. The van der Waals surface area contributed by atoms with Gasteiger partial charge in [0.2, 0.25) is 10.0 Å². The molecule has 0 atom stereocenters.